The molecule has 3 aromatic rings. The van der Waals surface area contributed by atoms with E-state index in [0.717, 1.165) is 4.31 Å². The molecule has 0 spiro atoms. The summed E-state index contributed by atoms with van der Waals surface area (Å²) in [6.45, 7) is 1.43. The van der Waals surface area contributed by atoms with Crippen LogP contribution in [0.1, 0.15) is 17.3 Å². The first-order valence-electron chi connectivity index (χ1n) is 9.60. The van der Waals surface area contributed by atoms with Gasteiger partial charge >= 0.3 is 5.97 Å². The van der Waals surface area contributed by atoms with Gasteiger partial charge in [-0.1, -0.05) is 41.9 Å². The van der Waals surface area contributed by atoms with E-state index in [1.54, 1.807) is 54.6 Å². The Labute approximate surface area is 191 Å². The van der Waals surface area contributed by atoms with Crippen molar-refractivity contribution in [3.05, 3.63) is 89.4 Å². The summed E-state index contributed by atoms with van der Waals surface area (Å²) in [6, 6.07) is 20.6. The number of carbonyl (C=O) groups is 2. The Morgan fingerprint density at radius 2 is 1.53 bits per heavy atom. The van der Waals surface area contributed by atoms with E-state index >= 15 is 0 Å². The van der Waals surface area contributed by atoms with Gasteiger partial charge in [0.1, 0.15) is 0 Å². The van der Waals surface area contributed by atoms with E-state index in [1.807, 2.05) is 0 Å². The highest BCUT2D eigenvalue weighted by Gasteiger charge is 2.23. The molecule has 166 valence electrons. The average molecular weight is 473 g/mol. The first kappa shape index (κ1) is 23.3. The minimum Gasteiger partial charge on any atom is -0.449 e. The second kappa shape index (κ2) is 9.84. The van der Waals surface area contributed by atoms with E-state index in [-0.39, 0.29) is 10.5 Å². The Bertz CT molecular complexity index is 1210. The first-order chi connectivity index (χ1) is 15.2. The van der Waals surface area contributed by atoms with Gasteiger partial charge in [-0.2, -0.15) is 0 Å². The van der Waals surface area contributed by atoms with Crippen LogP contribution in [-0.4, -0.2) is 33.4 Å². The fourth-order valence-electron chi connectivity index (χ4n) is 2.78. The Balaban J connectivity index is 1.67. The van der Waals surface area contributed by atoms with Gasteiger partial charge in [0.2, 0.25) is 0 Å². The lowest BCUT2D eigenvalue weighted by molar-refractivity contribution is -0.123. The Morgan fingerprint density at radius 3 is 2.16 bits per heavy atom. The Hall–Kier alpha value is -3.36. The Kier molecular flexibility index (Phi) is 7.17. The molecule has 1 atom stereocenters. The van der Waals surface area contributed by atoms with E-state index in [0.29, 0.717) is 16.4 Å². The van der Waals surface area contributed by atoms with Crippen LogP contribution in [0, 0.1) is 0 Å². The van der Waals surface area contributed by atoms with Crippen molar-refractivity contribution in [3.8, 4) is 0 Å². The van der Waals surface area contributed by atoms with E-state index < -0.39 is 28.0 Å². The molecule has 0 aliphatic heterocycles. The number of anilines is 2. The average Bonchev–Trinajstić information content (AvgIpc) is 2.80. The number of amides is 1. The molecule has 0 saturated carbocycles. The van der Waals surface area contributed by atoms with Gasteiger partial charge in [0.15, 0.2) is 6.10 Å². The number of halogens is 1. The third-order valence-corrected chi connectivity index (χ3v) is 6.78. The molecule has 1 amide bonds. The molecule has 7 nitrogen and oxygen atoms in total. The number of sulfonamides is 1. The van der Waals surface area contributed by atoms with Crippen LogP contribution >= 0.6 is 11.6 Å². The van der Waals surface area contributed by atoms with Crippen LogP contribution in [0.3, 0.4) is 0 Å². The van der Waals surface area contributed by atoms with Gasteiger partial charge in [0, 0.05) is 7.05 Å². The highest BCUT2D eigenvalue weighted by molar-refractivity contribution is 7.92. The number of rotatable bonds is 7. The number of nitrogens with zero attached hydrogens (tertiary/aromatic N) is 1. The molecule has 0 aliphatic carbocycles. The molecule has 1 N–H and O–H groups in total. The number of benzene rings is 3. The van der Waals surface area contributed by atoms with Crippen LogP contribution in [0.5, 0.6) is 0 Å². The van der Waals surface area contributed by atoms with Gasteiger partial charge in [-0.3, -0.25) is 9.10 Å². The second-order valence-electron chi connectivity index (χ2n) is 6.85. The van der Waals surface area contributed by atoms with Gasteiger partial charge in [-0.15, -0.1) is 0 Å². The summed E-state index contributed by atoms with van der Waals surface area (Å²) in [4.78, 5) is 24.7. The highest BCUT2D eigenvalue weighted by Crippen LogP contribution is 2.23. The molecule has 32 heavy (non-hydrogen) atoms. The van der Waals surface area contributed by atoms with Crippen LogP contribution in [0.25, 0.3) is 0 Å². The molecule has 0 radical (unpaired) electrons. The smallest absolute Gasteiger partial charge is 0.338 e. The maximum Gasteiger partial charge on any atom is 0.338 e. The van der Waals surface area contributed by atoms with Crippen molar-refractivity contribution in [2.24, 2.45) is 0 Å². The van der Waals surface area contributed by atoms with Gasteiger partial charge in [-0.25, -0.2) is 13.2 Å². The second-order valence-corrected chi connectivity index (χ2v) is 9.23. The molecule has 0 heterocycles. The largest absolute Gasteiger partial charge is 0.449 e. The molecule has 9 heteroatoms. The molecule has 0 bridgehead atoms. The lowest BCUT2D eigenvalue weighted by Gasteiger charge is -2.19. The minimum atomic E-state index is -3.81. The van der Waals surface area contributed by atoms with Crippen molar-refractivity contribution in [2.45, 2.75) is 17.9 Å². The number of carbonyl (C=O) groups excluding carboxylic acids is 2. The molecular weight excluding hydrogens is 452 g/mol. The number of nitrogens with one attached hydrogen (secondary N) is 1. The predicted molar refractivity (Wildman–Crippen MR) is 123 cm³/mol. The summed E-state index contributed by atoms with van der Waals surface area (Å²) in [5.41, 5.74) is 1.03. The van der Waals surface area contributed by atoms with Crippen molar-refractivity contribution in [3.63, 3.8) is 0 Å². The van der Waals surface area contributed by atoms with Crippen LogP contribution in [0.15, 0.2) is 83.8 Å². The van der Waals surface area contributed by atoms with Crippen LogP contribution < -0.4 is 9.62 Å². The lowest BCUT2D eigenvalue weighted by atomic mass is 10.2. The maximum absolute atomic E-state index is 12.8. The molecule has 0 saturated heterocycles. The van der Waals surface area contributed by atoms with E-state index in [9.17, 15) is 18.0 Å². The highest BCUT2D eigenvalue weighted by atomic mass is 35.5. The van der Waals surface area contributed by atoms with Gasteiger partial charge in [0.25, 0.3) is 15.9 Å². The number of ether oxygens (including phenoxy) is 1. The number of para-hydroxylation sites is 2. The number of hydrogen-bond acceptors (Lipinski definition) is 5. The van der Waals surface area contributed by atoms with Crippen molar-refractivity contribution < 1.29 is 22.7 Å². The predicted octanol–water partition coefficient (Wildman–Crippen LogP) is 4.35. The van der Waals surface area contributed by atoms with Crippen molar-refractivity contribution in [2.75, 3.05) is 16.7 Å². The van der Waals surface area contributed by atoms with Crippen LogP contribution in [0.4, 0.5) is 11.4 Å². The standard InChI is InChI=1S/C23H21ClN2O5S/c1-16(22(27)25-21-11-7-6-10-20(21)24)31-23(28)17-12-14-19(15-13-17)32(29,30)26(2)18-8-4-3-5-9-18/h3-16H,1-2H3,(H,25,27). The summed E-state index contributed by atoms with van der Waals surface area (Å²) in [5.74, 6) is -1.30. The summed E-state index contributed by atoms with van der Waals surface area (Å²) < 4.78 is 32.0. The van der Waals surface area contributed by atoms with Gasteiger partial charge in [-0.05, 0) is 55.5 Å². The van der Waals surface area contributed by atoms with E-state index in [2.05, 4.69) is 5.32 Å². The molecule has 3 aromatic carbocycles. The Morgan fingerprint density at radius 1 is 0.938 bits per heavy atom. The van der Waals surface area contributed by atoms with Gasteiger partial charge < -0.3 is 10.1 Å². The van der Waals surface area contributed by atoms with Crippen LogP contribution in [-0.2, 0) is 19.6 Å². The third-order valence-electron chi connectivity index (χ3n) is 4.65. The van der Waals surface area contributed by atoms with Crippen LogP contribution in [0.2, 0.25) is 5.02 Å². The van der Waals surface area contributed by atoms with Crippen molar-refractivity contribution in [1.29, 1.82) is 0 Å². The summed E-state index contributed by atoms with van der Waals surface area (Å²) in [6.07, 6.45) is -1.09. The molecule has 0 aliphatic rings. The maximum atomic E-state index is 12.8. The first-order valence-corrected chi connectivity index (χ1v) is 11.4. The van der Waals surface area contributed by atoms with E-state index in [4.69, 9.17) is 16.3 Å². The zero-order valence-corrected chi connectivity index (χ0v) is 18.9. The molecule has 0 aromatic heterocycles. The number of esters is 1. The minimum absolute atomic E-state index is 0.0184. The fraction of sp³-hybridized carbons (Fsp3) is 0.130. The number of hydrogen-bond donors (Lipinski definition) is 1. The summed E-state index contributed by atoms with van der Waals surface area (Å²) >= 11 is 6.01. The summed E-state index contributed by atoms with van der Waals surface area (Å²) in [7, 11) is -2.35. The lowest BCUT2D eigenvalue weighted by Crippen LogP contribution is -2.30. The fourth-order valence-corrected chi connectivity index (χ4v) is 4.16. The summed E-state index contributed by atoms with van der Waals surface area (Å²) in [5, 5.41) is 2.95. The third kappa shape index (κ3) is 5.27. The SMILES string of the molecule is CC(OC(=O)c1ccc(S(=O)(=O)N(C)c2ccccc2)cc1)C(=O)Nc1ccccc1Cl. The normalized spacial score (nSPS) is 12.0. The monoisotopic (exact) mass is 472 g/mol. The molecular formula is C23H21ClN2O5S. The quantitative estimate of drug-likeness (QED) is 0.516. The van der Waals surface area contributed by atoms with Crippen molar-refractivity contribution in [1.82, 2.24) is 0 Å². The molecule has 0 fully saturated rings. The van der Waals surface area contributed by atoms with Gasteiger partial charge in [0.05, 0.1) is 26.9 Å². The van der Waals surface area contributed by atoms with Crippen molar-refractivity contribution >= 4 is 44.9 Å². The molecule has 1 unspecified atom stereocenters. The zero-order chi connectivity index (χ0) is 23.3. The molecule has 3 rings (SSSR count). The zero-order valence-electron chi connectivity index (χ0n) is 17.4. The van der Waals surface area contributed by atoms with E-state index in [1.165, 1.54) is 38.2 Å². The topological polar surface area (TPSA) is 92.8 Å².